The predicted octanol–water partition coefficient (Wildman–Crippen LogP) is 2.90. The summed E-state index contributed by atoms with van der Waals surface area (Å²) in [5.74, 6) is 1.18. The van der Waals surface area contributed by atoms with Gasteiger partial charge in [-0.1, -0.05) is 39.5 Å². The molecule has 1 N–H and O–H groups in total. The first-order chi connectivity index (χ1) is 8.55. The molecule has 0 aromatic heterocycles. The average molecular weight is 252 g/mol. The Hall–Kier alpha value is -0.570. The van der Waals surface area contributed by atoms with E-state index >= 15 is 0 Å². The molecule has 1 aliphatic heterocycles. The molecule has 1 saturated carbocycles. The van der Waals surface area contributed by atoms with Crippen LogP contribution in [0.5, 0.6) is 0 Å². The number of hydrogen-bond donors (Lipinski definition) is 1. The Kier molecular flexibility index (Phi) is 4.31. The zero-order valence-corrected chi connectivity index (χ0v) is 12.2. The molecule has 2 aliphatic rings. The monoisotopic (exact) mass is 252 g/mol. The molecule has 3 heteroatoms. The van der Waals surface area contributed by atoms with Crippen molar-refractivity contribution in [3.63, 3.8) is 0 Å². The number of nitrogens with one attached hydrogen (secondary N) is 1. The second-order valence-electron chi connectivity index (χ2n) is 6.50. The number of rotatable bonds is 7. The third-order valence-electron chi connectivity index (χ3n) is 4.30. The van der Waals surface area contributed by atoms with Crippen LogP contribution in [0, 0.1) is 5.92 Å². The van der Waals surface area contributed by atoms with Crippen molar-refractivity contribution in [3.8, 4) is 0 Å². The van der Waals surface area contributed by atoms with E-state index in [9.17, 15) is 4.79 Å². The van der Waals surface area contributed by atoms with Gasteiger partial charge in [0.15, 0.2) is 0 Å². The molecule has 1 aliphatic carbocycles. The topological polar surface area (TPSA) is 32.3 Å². The lowest BCUT2D eigenvalue weighted by Crippen LogP contribution is -2.35. The van der Waals surface area contributed by atoms with E-state index in [0.717, 1.165) is 31.7 Å². The standard InChI is InChI=1S/C15H28N2O/c1-12(2)8-6-4-5-7-11-17-13(3)16-15(9-10-15)14(17)18/h12-13,16H,4-11H2,1-3H3. The van der Waals surface area contributed by atoms with Crippen LogP contribution in [0.4, 0.5) is 0 Å². The molecule has 104 valence electrons. The maximum absolute atomic E-state index is 12.2. The van der Waals surface area contributed by atoms with Gasteiger partial charge in [-0.25, -0.2) is 0 Å². The minimum Gasteiger partial charge on any atom is -0.326 e. The van der Waals surface area contributed by atoms with Crippen molar-refractivity contribution >= 4 is 5.91 Å². The molecule has 0 aromatic rings. The summed E-state index contributed by atoms with van der Waals surface area (Å²) in [6.07, 6.45) is 8.74. The molecule has 0 radical (unpaired) electrons. The van der Waals surface area contributed by atoms with Crippen LogP contribution >= 0.6 is 0 Å². The van der Waals surface area contributed by atoms with Gasteiger partial charge in [-0.05, 0) is 32.1 Å². The number of amides is 1. The minimum absolute atomic E-state index is 0.128. The molecule has 1 amide bonds. The first kappa shape index (κ1) is 13.9. The van der Waals surface area contributed by atoms with Crippen LogP contribution in [-0.2, 0) is 4.79 Å². The van der Waals surface area contributed by atoms with Crippen LogP contribution in [0.15, 0.2) is 0 Å². The van der Waals surface area contributed by atoms with Gasteiger partial charge in [-0.3, -0.25) is 10.1 Å². The van der Waals surface area contributed by atoms with Crippen LogP contribution in [0.25, 0.3) is 0 Å². The summed E-state index contributed by atoms with van der Waals surface area (Å²) in [5, 5.41) is 3.45. The lowest BCUT2D eigenvalue weighted by molar-refractivity contribution is -0.130. The van der Waals surface area contributed by atoms with Crippen LogP contribution in [-0.4, -0.2) is 29.1 Å². The van der Waals surface area contributed by atoms with Gasteiger partial charge in [-0.2, -0.15) is 0 Å². The molecule has 0 aromatic carbocycles. The fourth-order valence-corrected chi connectivity index (χ4v) is 2.96. The summed E-state index contributed by atoms with van der Waals surface area (Å²) < 4.78 is 0. The van der Waals surface area contributed by atoms with Gasteiger partial charge >= 0.3 is 0 Å². The molecule has 0 bridgehead atoms. The summed E-state index contributed by atoms with van der Waals surface area (Å²) in [5.41, 5.74) is -0.128. The maximum atomic E-state index is 12.2. The maximum Gasteiger partial charge on any atom is 0.244 e. The molecule has 1 saturated heterocycles. The van der Waals surface area contributed by atoms with Crippen LogP contribution < -0.4 is 5.32 Å². The number of nitrogens with zero attached hydrogens (tertiary/aromatic N) is 1. The molecule has 1 atom stereocenters. The summed E-state index contributed by atoms with van der Waals surface area (Å²) in [7, 11) is 0. The van der Waals surface area contributed by atoms with Gasteiger partial charge in [0.2, 0.25) is 5.91 Å². The van der Waals surface area contributed by atoms with Crippen molar-refractivity contribution in [1.29, 1.82) is 0 Å². The largest absolute Gasteiger partial charge is 0.326 e. The summed E-state index contributed by atoms with van der Waals surface area (Å²) in [6.45, 7) is 7.62. The third-order valence-corrected chi connectivity index (χ3v) is 4.30. The first-order valence-electron chi connectivity index (χ1n) is 7.64. The Bertz CT molecular complexity index is 297. The molecule has 3 nitrogen and oxygen atoms in total. The molecule has 18 heavy (non-hydrogen) atoms. The van der Waals surface area contributed by atoms with Crippen molar-refractivity contribution in [2.24, 2.45) is 5.92 Å². The summed E-state index contributed by atoms with van der Waals surface area (Å²) in [4.78, 5) is 14.2. The Balaban J connectivity index is 1.61. The van der Waals surface area contributed by atoms with Crippen molar-refractivity contribution < 1.29 is 4.79 Å². The second kappa shape index (κ2) is 5.60. The highest BCUT2D eigenvalue weighted by Crippen LogP contribution is 2.41. The number of hydrogen-bond acceptors (Lipinski definition) is 2. The second-order valence-corrected chi connectivity index (χ2v) is 6.50. The van der Waals surface area contributed by atoms with E-state index in [1.165, 1.54) is 25.7 Å². The Morgan fingerprint density at radius 2 is 1.94 bits per heavy atom. The van der Waals surface area contributed by atoms with E-state index in [1.807, 2.05) is 0 Å². The predicted molar refractivity (Wildman–Crippen MR) is 74.2 cm³/mol. The zero-order chi connectivity index (χ0) is 13.2. The van der Waals surface area contributed by atoms with Gasteiger partial charge in [0.05, 0.1) is 11.7 Å². The fourth-order valence-electron chi connectivity index (χ4n) is 2.96. The van der Waals surface area contributed by atoms with Crippen LogP contribution in [0.3, 0.4) is 0 Å². The van der Waals surface area contributed by atoms with E-state index in [-0.39, 0.29) is 11.7 Å². The quantitative estimate of drug-likeness (QED) is 0.707. The van der Waals surface area contributed by atoms with E-state index in [2.05, 4.69) is 31.0 Å². The van der Waals surface area contributed by atoms with Gasteiger partial charge in [-0.15, -0.1) is 0 Å². The fraction of sp³-hybridized carbons (Fsp3) is 0.933. The number of unbranched alkanes of at least 4 members (excludes halogenated alkanes) is 3. The SMILES string of the molecule is CC(C)CCCCCCN1C(=O)C2(CC2)NC1C. The highest BCUT2D eigenvalue weighted by molar-refractivity contribution is 5.91. The molecule has 2 rings (SSSR count). The van der Waals surface area contributed by atoms with E-state index < -0.39 is 0 Å². The number of carbonyl (C=O) groups is 1. The molecule has 1 heterocycles. The van der Waals surface area contributed by atoms with Gasteiger partial charge < -0.3 is 4.90 Å². The van der Waals surface area contributed by atoms with E-state index in [4.69, 9.17) is 0 Å². The molecular formula is C15H28N2O. The van der Waals surface area contributed by atoms with Gasteiger partial charge in [0.1, 0.15) is 0 Å². The average Bonchev–Trinajstić information content (AvgIpc) is 3.03. The van der Waals surface area contributed by atoms with E-state index in [1.54, 1.807) is 0 Å². The van der Waals surface area contributed by atoms with Crippen LogP contribution in [0.2, 0.25) is 0 Å². The van der Waals surface area contributed by atoms with Gasteiger partial charge in [0.25, 0.3) is 0 Å². The highest BCUT2D eigenvalue weighted by Gasteiger charge is 2.57. The van der Waals surface area contributed by atoms with Crippen molar-refractivity contribution in [2.75, 3.05) is 6.54 Å². The van der Waals surface area contributed by atoms with Crippen molar-refractivity contribution in [2.45, 2.75) is 77.4 Å². The highest BCUT2D eigenvalue weighted by atomic mass is 16.2. The van der Waals surface area contributed by atoms with E-state index in [0.29, 0.717) is 5.91 Å². The minimum atomic E-state index is -0.128. The molecule has 1 unspecified atom stereocenters. The lowest BCUT2D eigenvalue weighted by atomic mass is 10.0. The third kappa shape index (κ3) is 3.05. The molecule has 1 spiro atoms. The molecule has 2 fully saturated rings. The van der Waals surface area contributed by atoms with Crippen LogP contribution in [0.1, 0.15) is 65.7 Å². The Morgan fingerprint density at radius 3 is 2.50 bits per heavy atom. The van der Waals surface area contributed by atoms with Gasteiger partial charge in [0, 0.05) is 6.54 Å². The van der Waals surface area contributed by atoms with Crippen molar-refractivity contribution in [3.05, 3.63) is 0 Å². The first-order valence-corrected chi connectivity index (χ1v) is 7.64. The summed E-state index contributed by atoms with van der Waals surface area (Å²) in [6, 6.07) is 0. The number of carbonyl (C=O) groups excluding carboxylic acids is 1. The Labute approximate surface area is 111 Å². The normalized spacial score (nSPS) is 25.4. The summed E-state index contributed by atoms with van der Waals surface area (Å²) >= 11 is 0. The smallest absolute Gasteiger partial charge is 0.244 e. The zero-order valence-electron chi connectivity index (χ0n) is 12.2. The van der Waals surface area contributed by atoms with Crippen molar-refractivity contribution in [1.82, 2.24) is 10.2 Å². The Morgan fingerprint density at radius 1 is 1.28 bits per heavy atom. The lowest BCUT2D eigenvalue weighted by Gasteiger charge is -2.20. The molecular weight excluding hydrogens is 224 g/mol.